The first kappa shape index (κ1) is 19.9. The van der Waals surface area contributed by atoms with Gasteiger partial charge in [0.05, 0.1) is 10.5 Å². The van der Waals surface area contributed by atoms with Gasteiger partial charge in [0.2, 0.25) is 10.0 Å². The fourth-order valence-corrected chi connectivity index (χ4v) is 3.44. The van der Waals surface area contributed by atoms with Crippen LogP contribution in [0.1, 0.15) is 34.5 Å². The zero-order valence-corrected chi connectivity index (χ0v) is 14.2. The molecule has 6 nitrogen and oxygen atoms in total. The van der Waals surface area contributed by atoms with Gasteiger partial charge in [0, 0.05) is 11.6 Å². The van der Waals surface area contributed by atoms with Gasteiger partial charge in [-0.2, -0.15) is 13.2 Å². The second-order valence-electron chi connectivity index (χ2n) is 5.43. The van der Waals surface area contributed by atoms with Crippen LogP contribution in [0, 0.1) is 0 Å². The van der Waals surface area contributed by atoms with Crippen molar-refractivity contribution in [1.29, 1.82) is 0 Å². The molecule has 0 saturated carbocycles. The van der Waals surface area contributed by atoms with E-state index < -0.39 is 33.7 Å². The first-order chi connectivity index (χ1) is 12.0. The lowest BCUT2D eigenvalue weighted by Crippen LogP contribution is -2.27. The van der Waals surface area contributed by atoms with Crippen molar-refractivity contribution in [2.24, 2.45) is 0 Å². The number of benzene rings is 2. The van der Waals surface area contributed by atoms with Crippen molar-refractivity contribution >= 4 is 15.9 Å². The smallest absolute Gasteiger partial charge is 0.288 e. The Bertz CT molecular complexity index is 896. The maximum absolute atomic E-state index is 12.6. The second-order valence-corrected chi connectivity index (χ2v) is 7.15. The lowest BCUT2D eigenvalue weighted by molar-refractivity contribution is -0.137. The number of carbonyl (C=O) groups is 1. The summed E-state index contributed by atoms with van der Waals surface area (Å²) < 4.78 is 64.7. The van der Waals surface area contributed by atoms with E-state index in [1.165, 1.54) is 30.6 Å². The first-order valence-electron chi connectivity index (χ1n) is 7.28. The molecule has 2 aromatic rings. The fourth-order valence-electron chi connectivity index (χ4n) is 2.21. The van der Waals surface area contributed by atoms with Gasteiger partial charge >= 0.3 is 6.18 Å². The van der Waals surface area contributed by atoms with Gasteiger partial charge in [-0.3, -0.25) is 10.0 Å². The highest BCUT2D eigenvalue weighted by Crippen LogP contribution is 2.30. The molecule has 0 fully saturated rings. The Morgan fingerprint density at radius 1 is 1.12 bits per heavy atom. The summed E-state index contributed by atoms with van der Waals surface area (Å²) in [5.41, 5.74) is 1.07. The number of hydroxylamine groups is 1. The molecule has 26 heavy (non-hydrogen) atoms. The van der Waals surface area contributed by atoms with Crippen LogP contribution >= 0.6 is 0 Å². The van der Waals surface area contributed by atoms with Gasteiger partial charge in [0.15, 0.2) is 0 Å². The molecule has 10 heteroatoms. The molecule has 3 N–H and O–H groups in total. The van der Waals surface area contributed by atoms with Crippen molar-refractivity contribution in [2.75, 3.05) is 0 Å². The van der Waals surface area contributed by atoms with E-state index in [0.29, 0.717) is 17.7 Å². The number of hydrogen-bond acceptors (Lipinski definition) is 4. The number of amides is 1. The van der Waals surface area contributed by atoms with E-state index in [-0.39, 0.29) is 10.5 Å². The van der Waals surface area contributed by atoms with Gasteiger partial charge in [-0.1, -0.05) is 12.1 Å². The van der Waals surface area contributed by atoms with Crippen LogP contribution in [0.5, 0.6) is 0 Å². The number of sulfonamides is 1. The van der Waals surface area contributed by atoms with Crippen LogP contribution in [0.2, 0.25) is 0 Å². The molecular formula is C16H15F3N2O4S. The summed E-state index contributed by atoms with van der Waals surface area (Å²) in [5, 5.41) is 8.64. The fraction of sp³-hybridized carbons (Fsp3) is 0.188. The van der Waals surface area contributed by atoms with Crippen LogP contribution in [0.15, 0.2) is 53.4 Å². The van der Waals surface area contributed by atoms with Crippen molar-refractivity contribution < 1.29 is 31.6 Å². The summed E-state index contributed by atoms with van der Waals surface area (Å²) in [6.45, 7) is 1.51. The third kappa shape index (κ3) is 4.59. The monoisotopic (exact) mass is 388 g/mol. The second kappa shape index (κ2) is 7.44. The van der Waals surface area contributed by atoms with E-state index in [9.17, 15) is 26.4 Å². The van der Waals surface area contributed by atoms with Gasteiger partial charge in [-0.15, -0.1) is 0 Å². The average molecular weight is 388 g/mol. The maximum Gasteiger partial charge on any atom is 0.416 e. The highest BCUT2D eigenvalue weighted by Gasteiger charge is 2.30. The quantitative estimate of drug-likeness (QED) is 0.542. The summed E-state index contributed by atoms with van der Waals surface area (Å²) in [6, 6.07) is 8.21. The van der Waals surface area contributed by atoms with Gasteiger partial charge in [-0.25, -0.2) is 18.6 Å². The molecule has 0 saturated heterocycles. The van der Waals surface area contributed by atoms with Crippen LogP contribution in [-0.2, 0) is 16.2 Å². The highest BCUT2D eigenvalue weighted by molar-refractivity contribution is 7.89. The molecule has 0 aliphatic heterocycles. The Labute approximate surface area is 147 Å². The highest BCUT2D eigenvalue weighted by atomic mass is 32.2. The minimum atomic E-state index is -4.56. The van der Waals surface area contributed by atoms with Crippen LogP contribution in [0.4, 0.5) is 13.2 Å². The van der Waals surface area contributed by atoms with E-state index in [1.54, 1.807) is 6.07 Å². The zero-order valence-electron chi connectivity index (χ0n) is 13.4. The maximum atomic E-state index is 12.6. The summed E-state index contributed by atoms with van der Waals surface area (Å²) in [7, 11) is -4.08. The van der Waals surface area contributed by atoms with E-state index in [2.05, 4.69) is 4.72 Å². The Kier molecular flexibility index (Phi) is 5.69. The minimum Gasteiger partial charge on any atom is -0.288 e. The molecule has 0 heterocycles. The Morgan fingerprint density at radius 3 is 2.27 bits per heavy atom. The van der Waals surface area contributed by atoms with Crippen LogP contribution in [0.3, 0.4) is 0 Å². The number of nitrogens with one attached hydrogen (secondary N) is 2. The molecule has 1 atom stereocenters. The molecule has 2 aromatic carbocycles. The standard InChI is InChI=1S/C16H15F3N2O4S/c1-10(11-3-2-4-12(9-11)15(22)20-23)21-26(24,25)14-7-5-13(6-8-14)16(17,18)19/h2-10,21,23H,1H3,(H,20,22). The molecule has 2 rings (SSSR count). The Balaban J connectivity index is 2.22. The molecule has 0 radical (unpaired) electrons. The van der Waals surface area contributed by atoms with E-state index in [4.69, 9.17) is 5.21 Å². The molecule has 1 unspecified atom stereocenters. The third-order valence-corrected chi connectivity index (χ3v) is 5.13. The van der Waals surface area contributed by atoms with Gasteiger partial charge in [-0.05, 0) is 48.9 Å². The van der Waals surface area contributed by atoms with Gasteiger partial charge < -0.3 is 0 Å². The minimum absolute atomic E-state index is 0.116. The van der Waals surface area contributed by atoms with Crippen molar-refractivity contribution in [1.82, 2.24) is 10.2 Å². The summed E-state index contributed by atoms with van der Waals surface area (Å²) in [6.07, 6.45) is -4.56. The lowest BCUT2D eigenvalue weighted by Gasteiger charge is -2.16. The molecule has 0 aliphatic rings. The molecule has 140 valence electrons. The molecule has 0 spiro atoms. The Morgan fingerprint density at radius 2 is 1.73 bits per heavy atom. The topological polar surface area (TPSA) is 95.5 Å². The van der Waals surface area contributed by atoms with E-state index in [1.807, 2.05) is 0 Å². The number of alkyl halides is 3. The third-order valence-electron chi connectivity index (χ3n) is 3.57. The SMILES string of the molecule is CC(NS(=O)(=O)c1ccc(C(F)(F)F)cc1)c1cccc(C(=O)NO)c1. The molecular weight excluding hydrogens is 373 g/mol. The number of carbonyl (C=O) groups excluding carboxylic acids is 1. The predicted octanol–water partition coefficient (Wildman–Crippen LogP) is 2.86. The van der Waals surface area contributed by atoms with Crippen LogP contribution in [-0.4, -0.2) is 19.5 Å². The molecule has 0 aromatic heterocycles. The molecule has 0 bridgehead atoms. The lowest BCUT2D eigenvalue weighted by atomic mass is 10.1. The van der Waals surface area contributed by atoms with Crippen molar-refractivity contribution in [2.45, 2.75) is 24.0 Å². The van der Waals surface area contributed by atoms with E-state index in [0.717, 1.165) is 12.1 Å². The molecule has 0 aliphatic carbocycles. The number of halogens is 3. The van der Waals surface area contributed by atoms with Gasteiger partial charge in [0.25, 0.3) is 5.91 Å². The first-order valence-corrected chi connectivity index (χ1v) is 8.77. The summed E-state index contributed by atoms with van der Waals surface area (Å²) in [5.74, 6) is -0.760. The van der Waals surface area contributed by atoms with Crippen molar-refractivity contribution in [3.05, 3.63) is 65.2 Å². The largest absolute Gasteiger partial charge is 0.416 e. The van der Waals surface area contributed by atoms with Crippen molar-refractivity contribution in [3.63, 3.8) is 0 Å². The predicted molar refractivity (Wildman–Crippen MR) is 85.9 cm³/mol. The number of rotatable bonds is 5. The van der Waals surface area contributed by atoms with E-state index >= 15 is 0 Å². The Hall–Kier alpha value is -2.43. The van der Waals surface area contributed by atoms with Crippen LogP contribution < -0.4 is 10.2 Å². The van der Waals surface area contributed by atoms with Gasteiger partial charge in [0.1, 0.15) is 0 Å². The van der Waals surface area contributed by atoms with Crippen molar-refractivity contribution in [3.8, 4) is 0 Å². The zero-order chi connectivity index (χ0) is 19.5. The molecule has 1 amide bonds. The normalized spacial score (nSPS) is 13.3. The number of hydrogen-bond donors (Lipinski definition) is 3. The average Bonchev–Trinajstić information content (AvgIpc) is 2.60. The van der Waals surface area contributed by atoms with Crippen LogP contribution in [0.25, 0.3) is 0 Å². The summed E-state index contributed by atoms with van der Waals surface area (Å²) in [4.78, 5) is 11.1. The summed E-state index contributed by atoms with van der Waals surface area (Å²) >= 11 is 0.